The number of nitrogens with zero attached hydrogens (tertiary/aromatic N) is 3. The first-order chi connectivity index (χ1) is 13.5. The number of aryl methyl sites for hydroxylation is 2. The Morgan fingerprint density at radius 3 is 2.57 bits per heavy atom. The largest absolute Gasteiger partial charge is 0.333 e. The van der Waals surface area contributed by atoms with Crippen LogP contribution in [0.1, 0.15) is 74.9 Å². The van der Waals surface area contributed by atoms with Crippen molar-refractivity contribution < 1.29 is 4.79 Å². The van der Waals surface area contributed by atoms with Crippen LogP contribution in [0.15, 0.2) is 6.20 Å². The molecule has 1 aliphatic heterocycles. The van der Waals surface area contributed by atoms with E-state index in [1.165, 1.54) is 49.8 Å². The fourth-order valence-corrected chi connectivity index (χ4v) is 7.90. The topological polar surface area (TPSA) is 58.1 Å². The van der Waals surface area contributed by atoms with Crippen molar-refractivity contribution >= 4 is 6.03 Å². The van der Waals surface area contributed by atoms with Gasteiger partial charge in [0.2, 0.25) is 0 Å². The molecule has 1 saturated heterocycles. The molecule has 6 aliphatic rings. The second-order valence-corrected chi connectivity index (χ2v) is 10.7. The zero-order valence-corrected chi connectivity index (χ0v) is 17.0. The first-order valence-electron chi connectivity index (χ1n) is 11.4. The summed E-state index contributed by atoms with van der Waals surface area (Å²) in [5.41, 5.74) is 2.68. The third-order valence-corrected chi connectivity index (χ3v) is 8.63. The van der Waals surface area contributed by atoms with Gasteiger partial charge in [-0.25, -0.2) is 14.8 Å². The van der Waals surface area contributed by atoms with E-state index in [4.69, 9.17) is 4.98 Å². The summed E-state index contributed by atoms with van der Waals surface area (Å²) < 4.78 is 0. The Hall–Kier alpha value is -1.65. The van der Waals surface area contributed by atoms with Gasteiger partial charge in [0, 0.05) is 30.2 Å². The lowest BCUT2D eigenvalue weighted by molar-refractivity contribution is -0.0166. The molecule has 1 atom stereocenters. The molecule has 5 nitrogen and oxygen atoms in total. The van der Waals surface area contributed by atoms with Gasteiger partial charge in [0.15, 0.2) is 0 Å². The average molecular weight is 381 g/mol. The number of carbonyl (C=O) groups excluding carboxylic acids is 1. The van der Waals surface area contributed by atoms with Crippen LogP contribution in [0.25, 0.3) is 0 Å². The van der Waals surface area contributed by atoms with Gasteiger partial charge in [0.25, 0.3) is 0 Å². The van der Waals surface area contributed by atoms with Crippen LogP contribution in [-0.4, -0.2) is 39.5 Å². The highest BCUT2D eigenvalue weighted by Gasteiger charge is 2.52. The van der Waals surface area contributed by atoms with Crippen LogP contribution in [-0.2, 0) is 11.8 Å². The van der Waals surface area contributed by atoms with E-state index >= 15 is 0 Å². The molecular formula is C23H32N4O. The van der Waals surface area contributed by atoms with Gasteiger partial charge in [-0.2, -0.15) is 0 Å². The van der Waals surface area contributed by atoms with Gasteiger partial charge in [0.05, 0.1) is 5.69 Å². The van der Waals surface area contributed by atoms with Crippen LogP contribution in [0, 0.1) is 24.7 Å². The molecule has 5 fully saturated rings. The van der Waals surface area contributed by atoms with Gasteiger partial charge >= 0.3 is 6.03 Å². The molecule has 1 unspecified atom stereocenters. The Labute approximate surface area is 167 Å². The Balaban J connectivity index is 1.21. The molecule has 5 aliphatic carbocycles. The molecule has 1 aromatic rings. The maximum atomic E-state index is 13.4. The minimum absolute atomic E-state index is 0.0556. The SMILES string of the molecule is Cc1ncc2c(n1)C1(CCCN(C(=O)NC34CC5CC(CC(C5)C3)C4)C1)CC2. The molecule has 4 saturated carbocycles. The number of aromatic nitrogens is 2. The number of likely N-dealkylation sites (tertiary alicyclic amines) is 1. The number of carbonyl (C=O) groups is 1. The molecule has 7 rings (SSSR count). The second-order valence-electron chi connectivity index (χ2n) is 10.7. The van der Waals surface area contributed by atoms with Crippen molar-refractivity contribution in [1.29, 1.82) is 0 Å². The molecular weight excluding hydrogens is 348 g/mol. The van der Waals surface area contributed by atoms with E-state index in [2.05, 4.69) is 15.2 Å². The summed E-state index contributed by atoms with van der Waals surface area (Å²) in [5, 5.41) is 3.59. The van der Waals surface area contributed by atoms with E-state index in [0.29, 0.717) is 0 Å². The molecule has 1 aromatic heterocycles. The number of fused-ring (bicyclic) bond motifs is 2. The van der Waals surface area contributed by atoms with E-state index in [9.17, 15) is 4.79 Å². The number of amides is 2. The highest BCUT2D eigenvalue weighted by Crippen LogP contribution is 2.55. The smallest absolute Gasteiger partial charge is 0.317 e. The van der Waals surface area contributed by atoms with Crippen molar-refractivity contribution in [3.63, 3.8) is 0 Å². The van der Waals surface area contributed by atoms with Gasteiger partial charge in [-0.3, -0.25) is 0 Å². The molecule has 2 amide bonds. The fraction of sp³-hybridized carbons (Fsp3) is 0.783. The molecule has 4 bridgehead atoms. The van der Waals surface area contributed by atoms with Crippen molar-refractivity contribution in [1.82, 2.24) is 20.2 Å². The Morgan fingerprint density at radius 2 is 1.86 bits per heavy atom. The molecule has 28 heavy (non-hydrogen) atoms. The van der Waals surface area contributed by atoms with Crippen molar-refractivity contribution in [2.75, 3.05) is 13.1 Å². The van der Waals surface area contributed by atoms with Crippen LogP contribution in [0.3, 0.4) is 0 Å². The van der Waals surface area contributed by atoms with Gasteiger partial charge < -0.3 is 10.2 Å². The number of nitrogens with one attached hydrogen (secondary N) is 1. The van der Waals surface area contributed by atoms with Gasteiger partial charge in [-0.1, -0.05) is 0 Å². The Bertz CT molecular complexity index is 782. The monoisotopic (exact) mass is 380 g/mol. The predicted molar refractivity (Wildman–Crippen MR) is 107 cm³/mol. The van der Waals surface area contributed by atoms with Crippen molar-refractivity contribution in [2.24, 2.45) is 17.8 Å². The Kier molecular flexibility index (Phi) is 3.65. The van der Waals surface area contributed by atoms with Crippen LogP contribution < -0.4 is 5.32 Å². The quantitative estimate of drug-likeness (QED) is 0.807. The standard InChI is InChI=1S/C23H32N4O/c1-15-24-13-19-3-5-22(20(19)25-15)4-2-6-27(14-22)21(28)26-23-10-16-7-17(11-23)9-18(8-16)12-23/h13,16-18H,2-12,14H2,1H3,(H,26,28). The van der Waals surface area contributed by atoms with Gasteiger partial charge in [-0.15, -0.1) is 0 Å². The Morgan fingerprint density at radius 1 is 1.14 bits per heavy atom. The first-order valence-corrected chi connectivity index (χ1v) is 11.4. The lowest BCUT2D eigenvalue weighted by atomic mass is 9.53. The zero-order valence-electron chi connectivity index (χ0n) is 17.0. The molecule has 5 heteroatoms. The highest BCUT2D eigenvalue weighted by molar-refractivity contribution is 5.75. The molecule has 1 N–H and O–H groups in total. The van der Waals surface area contributed by atoms with E-state index < -0.39 is 0 Å². The predicted octanol–water partition coefficient (Wildman–Crippen LogP) is 3.74. The molecule has 1 spiro atoms. The molecule has 0 radical (unpaired) electrons. The summed E-state index contributed by atoms with van der Waals surface area (Å²) in [7, 11) is 0. The van der Waals surface area contributed by atoms with Crippen LogP contribution in [0.2, 0.25) is 0 Å². The summed E-state index contributed by atoms with van der Waals surface area (Å²) in [6.45, 7) is 3.70. The lowest BCUT2D eigenvalue weighted by Crippen LogP contribution is -2.63. The number of urea groups is 1. The summed E-state index contributed by atoms with van der Waals surface area (Å²) in [4.78, 5) is 24.7. The minimum atomic E-state index is 0.0556. The summed E-state index contributed by atoms with van der Waals surface area (Å²) in [6, 6.07) is 0.195. The summed E-state index contributed by atoms with van der Waals surface area (Å²) in [6.07, 6.45) is 14.3. The average Bonchev–Trinajstić information content (AvgIpc) is 2.97. The van der Waals surface area contributed by atoms with Crippen molar-refractivity contribution in [2.45, 2.75) is 82.1 Å². The van der Waals surface area contributed by atoms with E-state index in [1.807, 2.05) is 13.1 Å². The number of hydrogen-bond acceptors (Lipinski definition) is 3. The van der Waals surface area contributed by atoms with E-state index in [0.717, 1.165) is 62.4 Å². The summed E-state index contributed by atoms with van der Waals surface area (Å²) in [5.74, 6) is 3.44. The lowest BCUT2D eigenvalue weighted by Gasteiger charge is -2.57. The minimum Gasteiger partial charge on any atom is -0.333 e. The first kappa shape index (κ1) is 17.2. The number of rotatable bonds is 1. The zero-order chi connectivity index (χ0) is 18.9. The van der Waals surface area contributed by atoms with E-state index in [-0.39, 0.29) is 17.0 Å². The highest BCUT2D eigenvalue weighted by atomic mass is 16.2. The molecule has 0 aromatic carbocycles. The maximum Gasteiger partial charge on any atom is 0.317 e. The normalized spacial score (nSPS) is 40.8. The van der Waals surface area contributed by atoms with Gasteiger partial charge in [-0.05, 0) is 94.4 Å². The third-order valence-electron chi connectivity index (χ3n) is 8.63. The van der Waals surface area contributed by atoms with Crippen LogP contribution in [0.5, 0.6) is 0 Å². The van der Waals surface area contributed by atoms with Crippen LogP contribution in [0.4, 0.5) is 4.79 Å². The summed E-state index contributed by atoms with van der Waals surface area (Å²) >= 11 is 0. The molecule has 2 heterocycles. The second kappa shape index (κ2) is 5.93. The van der Waals surface area contributed by atoms with Crippen molar-refractivity contribution in [3.05, 3.63) is 23.3 Å². The maximum absolute atomic E-state index is 13.4. The van der Waals surface area contributed by atoms with E-state index in [1.54, 1.807) is 0 Å². The molecule has 150 valence electrons. The number of hydrogen-bond donors (Lipinski definition) is 1. The number of piperidine rings is 1. The fourth-order valence-electron chi connectivity index (χ4n) is 7.90. The third kappa shape index (κ3) is 2.61. The van der Waals surface area contributed by atoms with Crippen molar-refractivity contribution in [3.8, 4) is 0 Å². The van der Waals surface area contributed by atoms with Crippen LogP contribution >= 0.6 is 0 Å². The van der Waals surface area contributed by atoms with Gasteiger partial charge in [0.1, 0.15) is 5.82 Å².